The molecule has 0 amide bonds. The molecular formula is C12H14O3. The quantitative estimate of drug-likeness (QED) is 0.821. The minimum absolute atomic E-state index is 0.328. The van der Waals surface area contributed by atoms with Gasteiger partial charge in [0, 0.05) is 6.42 Å². The summed E-state index contributed by atoms with van der Waals surface area (Å²) in [6.07, 6.45) is 1.52. The third kappa shape index (κ3) is 2.12. The molecule has 0 bridgehead atoms. The Morgan fingerprint density at radius 2 is 2.40 bits per heavy atom. The van der Waals surface area contributed by atoms with Crippen molar-refractivity contribution in [3.63, 3.8) is 0 Å². The molecule has 0 fully saturated rings. The van der Waals surface area contributed by atoms with E-state index in [4.69, 9.17) is 9.84 Å². The zero-order chi connectivity index (χ0) is 10.8. The highest BCUT2D eigenvalue weighted by Gasteiger charge is 2.15. The van der Waals surface area contributed by atoms with Crippen molar-refractivity contribution < 1.29 is 14.6 Å². The smallest absolute Gasteiger partial charge is 0.306 e. The summed E-state index contributed by atoms with van der Waals surface area (Å²) in [4.78, 5) is 10.7. The van der Waals surface area contributed by atoms with Crippen molar-refractivity contribution in [1.82, 2.24) is 0 Å². The summed E-state index contributed by atoms with van der Waals surface area (Å²) in [5.74, 6) is -0.126. The van der Waals surface area contributed by atoms with Gasteiger partial charge in [-0.1, -0.05) is 19.1 Å². The summed E-state index contributed by atoms with van der Waals surface area (Å²) in [6, 6.07) is 5.94. The van der Waals surface area contributed by atoms with E-state index in [9.17, 15) is 4.79 Å². The number of hydrogen-bond acceptors (Lipinski definition) is 2. The molecule has 2 rings (SSSR count). The fourth-order valence-corrected chi connectivity index (χ4v) is 1.81. The number of rotatable bonds is 3. The largest absolute Gasteiger partial charge is 0.493 e. The molecular weight excluding hydrogens is 192 g/mol. The number of ether oxygens (including phenoxy) is 1. The van der Waals surface area contributed by atoms with Crippen LogP contribution in [0.3, 0.4) is 0 Å². The zero-order valence-electron chi connectivity index (χ0n) is 8.69. The van der Waals surface area contributed by atoms with Gasteiger partial charge in [-0.15, -0.1) is 0 Å². The first-order valence-electron chi connectivity index (χ1n) is 5.14. The van der Waals surface area contributed by atoms with Crippen molar-refractivity contribution in [1.29, 1.82) is 0 Å². The molecule has 3 nitrogen and oxygen atoms in total. The summed E-state index contributed by atoms with van der Waals surface area (Å²) in [5, 5.41) is 8.81. The zero-order valence-corrected chi connectivity index (χ0v) is 8.69. The molecule has 1 aliphatic heterocycles. The monoisotopic (exact) mass is 206 g/mol. The van der Waals surface area contributed by atoms with Crippen molar-refractivity contribution >= 4 is 5.97 Å². The Bertz CT molecular complexity index is 384. The Labute approximate surface area is 88.7 Å². The third-order valence-electron chi connectivity index (χ3n) is 2.72. The lowest BCUT2D eigenvalue weighted by Gasteiger charge is -2.07. The van der Waals surface area contributed by atoms with Crippen molar-refractivity contribution in [2.45, 2.75) is 19.8 Å². The molecule has 0 aromatic heterocycles. The molecule has 1 aromatic rings. The second-order valence-electron chi connectivity index (χ2n) is 3.98. The highest BCUT2D eigenvalue weighted by Crippen LogP contribution is 2.26. The molecule has 0 aliphatic carbocycles. The number of fused-ring (bicyclic) bond motifs is 1. The van der Waals surface area contributed by atoms with Gasteiger partial charge < -0.3 is 9.84 Å². The van der Waals surface area contributed by atoms with Gasteiger partial charge in [-0.05, 0) is 23.6 Å². The van der Waals surface area contributed by atoms with Crippen LogP contribution in [0.5, 0.6) is 5.75 Å². The number of carboxylic acids is 1. The maximum Gasteiger partial charge on any atom is 0.306 e. The number of carboxylic acid groups (broad SMARTS) is 1. The number of hydrogen-bond donors (Lipinski definition) is 1. The molecule has 1 aliphatic rings. The van der Waals surface area contributed by atoms with Gasteiger partial charge in [0.15, 0.2) is 0 Å². The van der Waals surface area contributed by atoms with Crippen LogP contribution in [-0.2, 0) is 17.6 Å². The normalized spacial score (nSPS) is 15.5. The van der Waals surface area contributed by atoms with Gasteiger partial charge in [0.1, 0.15) is 5.75 Å². The van der Waals surface area contributed by atoms with Crippen LogP contribution in [0.25, 0.3) is 0 Å². The average Bonchev–Trinajstić information content (AvgIpc) is 2.64. The highest BCUT2D eigenvalue weighted by atomic mass is 16.5. The van der Waals surface area contributed by atoms with Crippen LogP contribution in [0, 0.1) is 5.92 Å². The summed E-state index contributed by atoms with van der Waals surface area (Å²) < 4.78 is 5.39. The minimum atomic E-state index is -0.744. The van der Waals surface area contributed by atoms with Crippen LogP contribution in [0.15, 0.2) is 18.2 Å². The van der Waals surface area contributed by atoms with E-state index in [1.54, 1.807) is 6.92 Å². The summed E-state index contributed by atoms with van der Waals surface area (Å²) in [7, 11) is 0. The molecule has 1 aromatic carbocycles. The van der Waals surface area contributed by atoms with Gasteiger partial charge in [-0.2, -0.15) is 0 Å². The van der Waals surface area contributed by atoms with Crippen LogP contribution in [-0.4, -0.2) is 17.7 Å². The lowest BCUT2D eigenvalue weighted by atomic mass is 9.99. The Hall–Kier alpha value is -1.51. The minimum Gasteiger partial charge on any atom is -0.493 e. The Morgan fingerprint density at radius 1 is 1.60 bits per heavy atom. The lowest BCUT2D eigenvalue weighted by Crippen LogP contribution is -2.12. The highest BCUT2D eigenvalue weighted by molar-refractivity contribution is 5.69. The fourth-order valence-electron chi connectivity index (χ4n) is 1.81. The number of aliphatic carboxylic acids is 1. The van der Waals surface area contributed by atoms with E-state index >= 15 is 0 Å². The Balaban J connectivity index is 2.13. The lowest BCUT2D eigenvalue weighted by molar-refractivity contribution is -0.141. The molecule has 1 heterocycles. The van der Waals surface area contributed by atoms with E-state index in [2.05, 4.69) is 6.07 Å². The van der Waals surface area contributed by atoms with Crippen LogP contribution in [0.4, 0.5) is 0 Å². The predicted molar refractivity (Wildman–Crippen MR) is 56.1 cm³/mol. The molecule has 0 radical (unpaired) electrons. The van der Waals surface area contributed by atoms with Crippen molar-refractivity contribution in [3.8, 4) is 5.75 Å². The summed E-state index contributed by atoms with van der Waals surface area (Å²) >= 11 is 0. The van der Waals surface area contributed by atoms with Gasteiger partial charge in [-0.25, -0.2) is 0 Å². The van der Waals surface area contributed by atoms with E-state index in [1.165, 1.54) is 5.56 Å². The average molecular weight is 206 g/mol. The van der Waals surface area contributed by atoms with Crippen molar-refractivity contribution in [2.75, 3.05) is 6.61 Å². The van der Waals surface area contributed by atoms with Crippen LogP contribution < -0.4 is 4.74 Å². The second-order valence-corrected chi connectivity index (χ2v) is 3.98. The van der Waals surface area contributed by atoms with E-state index in [-0.39, 0.29) is 5.92 Å². The Morgan fingerprint density at radius 3 is 3.13 bits per heavy atom. The van der Waals surface area contributed by atoms with Crippen LogP contribution in [0.1, 0.15) is 18.1 Å². The van der Waals surface area contributed by atoms with Crippen LogP contribution >= 0.6 is 0 Å². The van der Waals surface area contributed by atoms with E-state index in [1.807, 2.05) is 12.1 Å². The summed E-state index contributed by atoms with van der Waals surface area (Å²) in [6.45, 7) is 2.47. The molecule has 15 heavy (non-hydrogen) atoms. The number of carbonyl (C=O) groups is 1. The van der Waals surface area contributed by atoms with E-state index < -0.39 is 5.97 Å². The first kappa shape index (κ1) is 10.0. The molecule has 1 unspecified atom stereocenters. The first-order valence-corrected chi connectivity index (χ1v) is 5.14. The standard InChI is InChI=1S/C12H14O3/c1-8(12(13)14)6-9-2-3-11-10(7-9)4-5-15-11/h2-3,7-8H,4-6H2,1H3,(H,13,14). The molecule has 0 spiro atoms. The molecule has 3 heteroatoms. The van der Waals surface area contributed by atoms with Gasteiger partial charge in [0.05, 0.1) is 12.5 Å². The topological polar surface area (TPSA) is 46.5 Å². The predicted octanol–water partition coefficient (Wildman–Crippen LogP) is 1.88. The molecule has 80 valence electrons. The van der Waals surface area contributed by atoms with Crippen molar-refractivity contribution in [3.05, 3.63) is 29.3 Å². The maximum atomic E-state index is 10.7. The van der Waals surface area contributed by atoms with Gasteiger partial charge in [-0.3, -0.25) is 4.79 Å². The maximum absolute atomic E-state index is 10.7. The van der Waals surface area contributed by atoms with Gasteiger partial charge in [0.2, 0.25) is 0 Å². The fraction of sp³-hybridized carbons (Fsp3) is 0.417. The summed E-state index contributed by atoms with van der Waals surface area (Å²) in [5.41, 5.74) is 2.28. The number of benzene rings is 1. The molecule has 0 saturated carbocycles. The van der Waals surface area contributed by atoms with E-state index in [0.717, 1.165) is 24.3 Å². The SMILES string of the molecule is CC(Cc1ccc2c(c1)CCO2)C(=O)O. The van der Waals surface area contributed by atoms with Gasteiger partial charge in [0.25, 0.3) is 0 Å². The first-order chi connectivity index (χ1) is 7.16. The third-order valence-corrected chi connectivity index (χ3v) is 2.72. The molecule has 0 saturated heterocycles. The van der Waals surface area contributed by atoms with E-state index in [0.29, 0.717) is 6.42 Å². The van der Waals surface area contributed by atoms with Crippen LogP contribution in [0.2, 0.25) is 0 Å². The molecule has 1 atom stereocenters. The molecule has 1 N–H and O–H groups in total. The Kier molecular flexibility index (Phi) is 2.62. The second kappa shape index (κ2) is 3.93. The van der Waals surface area contributed by atoms with Crippen molar-refractivity contribution in [2.24, 2.45) is 5.92 Å². The van der Waals surface area contributed by atoms with Gasteiger partial charge >= 0.3 is 5.97 Å².